The molecule has 29 heavy (non-hydrogen) atoms. The Bertz CT molecular complexity index is 1150. The van der Waals surface area contributed by atoms with Gasteiger partial charge in [-0.15, -0.1) is 0 Å². The van der Waals surface area contributed by atoms with Gasteiger partial charge in [-0.2, -0.15) is 23.4 Å². The van der Waals surface area contributed by atoms with E-state index in [4.69, 9.17) is 0 Å². The van der Waals surface area contributed by atoms with Crippen LogP contribution in [0.1, 0.15) is 18.4 Å². The van der Waals surface area contributed by atoms with E-state index in [9.17, 15) is 18.0 Å². The van der Waals surface area contributed by atoms with E-state index in [2.05, 4.69) is 20.3 Å². The quantitative estimate of drug-likeness (QED) is 0.526. The van der Waals surface area contributed by atoms with E-state index in [1.54, 1.807) is 47.5 Å². The minimum Gasteiger partial charge on any atom is -0.299 e. The lowest BCUT2D eigenvalue weighted by molar-refractivity contribution is -0.143. The van der Waals surface area contributed by atoms with E-state index in [0.29, 0.717) is 11.2 Å². The Morgan fingerprint density at radius 2 is 1.93 bits per heavy atom. The molecule has 0 spiro atoms. The molecule has 3 heterocycles. The summed E-state index contributed by atoms with van der Waals surface area (Å²) in [5.41, 5.74) is 4.56. The van der Waals surface area contributed by atoms with Crippen molar-refractivity contribution >= 4 is 11.4 Å². The van der Waals surface area contributed by atoms with Crippen LogP contribution in [0.5, 0.6) is 0 Å². The molecule has 0 aliphatic rings. The number of fused-ring (bicyclic) bond motifs is 1. The van der Waals surface area contributed by atoms with E-state index in [-0.39, 0.29) is 6.42 Å². The van der Waals surface area contributed by atoms with Crippen molar-refractivity contribution in [3.63, 3.8) is 0 Å². The van der Waals surface area contributed by atoms with Crippen LogP contribution in [-0.4, -0.2) is 36.8 Å². The highest BCUT2D eigenvalue weighted by atomic mass is 19.4. The fourth-order valence-electron chi connectivity index (χ4n) is 3.08. The SMILES string of the molecule is O=C(CCC(F)(F)F)Cc1cccc(-c2cnc3cc(-c4cn[nH]c4)cnn23)c1. The maximum absolute atomic E-state index is 12.3. The van der Waals surface area contributed by atoms with Gasteiger partial charge >= 0.3 is 6.18 Å². The van der Waals surface area contributed by atoms with Gasteiger partial charge in [0, 0.05) is 35.7 Å². The van der Waals surface area contributed by atoms with Crippen LogP contribution in [0, 0.1) is 0 Å². The number of ketones is 1. The zero-order valence-corrected chi connectivity index (χ0v) is 15.1. The molecule has 0 saturated carbocycles. The van der Waals surface area contributed by atoms with Gasteiger partial charge in [0.15, 0.2) is 5.65 Å². The van der Waals surface area contributed by atoms with E-state index in [0.717, 1.165) is 22.4 Å². The lowest BCUT2D eigenvalue weighted by Gasteiger charge is -2.07. The number of carbonyl (C=O) groups excluding carboxylic acids is 1. The number of nitrogens with zero attached hydrogens (tertiary/aromatic N) is 4. The lowest BCUT2D eigenvalue weighted by Crippen LogP contribution is -2.12. The van der Waals surface area contributed by atoms with Gasteiger partial charge < -0.3 is 0 Å². The molecular formula is C20H16F3N5O. The van der Waals surface area contributed by atoms with Crippen molar-refractivity contribution in [1.82, 2.24) is 24.8 Å². The van der Waals surface area contributed by atoms with Crippen LogP contribution in [0.4, 0.5) is 13.2 Å². The molecular weight excluding hydrogens is 383 g/mol. The summed E-state index contributed by atoms with van der Waals surface area (Å²) in [6.07, 6.45) is 0.851. The first-order chi connectivity index (χ1) is 13.9. The van der Waals surface area contributed by atoms with Crippen molar-refractivity contribution < 1.29 is 18.0 Å². The van der Waals surface area contributed by atoms with E-state index in [1.807, 2.05) is 12.1 Å². The molecule has 0 radical (unpaired) electrons. The van der Waals surface area contributed by atoms with Crippen molar-refractivity contribution in [1.29, 1.82) is 0 Å². The molecule has 0 bridgehead atoms. The van der Waals surface area contributed by atoms with Crippen molar-refractivity contribution in [3.8, 4) is 22.4 Å². The normalized spacial score (nSPS) is 11.8. The van der Waals surface area contributed by atoms with Gasteiger partial charge in [-0.25, -0.2) is 9.50 Å². The number of Topliss-reactive ketones (excluding diaryl/α,β-unsaturated/α-hetero) is 1. The number of benzene rings is 1. The van der Waals surface area contributed by atoms with E-state index < -0.39 is 24.8 Å². The van der Waals surface area contributed by atoms with Gasteiger partial charge in [-0.1, -0.05) is 18.2 Å². The first kappa shape index (κ1) is 18.9. The van der Waals surface area contributed by atoms with Gasteiger partial charge in [0.05, 0.1) is 30.7 Å². The number of nitrogens with one attached hydrogen (secondary N) is 1. The highest BCUT2D eigenvalue weighted by Gasteiger charge is 2.27. The highest BCUT2D eigenvalue weighted by Crippen LogP contribution is 2.25. The van der Waals surface area contributed by atoms with Crippen LogP contribution in [0.15, 0.2) is 55.1 Å². The lowest BCUT2D eigenvalue weighted by atomic mass is 10.0. The summed E-state index contributed by atoms with van der Waals surface area (Å²) in [5.74, 6) is -0.444. The Labute approximate surface area is 163 Å². The molecule has 1 N–H and O–H groups in total. The van der Waals surface area contributed by atoms with Crippen LogP contribution in [0.25, 0.3) is 28.0 Å². The van der Waals surface area contributed by atoms with Crippen molar-refractivity contribution in [2.75, 3.05) is 0 Å². The predicted molar refractivity (Wildman–Crippen MR) is 100 cm³/mol. The third-order valence-corrected chi connectivity index (χ3v) is 4.50. The molecule has 6 nitrogen and oxygen atoms in total. The van der Waals surface area contributed by atoms with Gasteiger partial charge in [-0.05, 0) is 17.7 Å². The molecule has 0 unspecified atom stereocenters. The van der Waals surface area contributed by atoms with Gasteiger partial charge in [0.25, 0.3) is 0 Å². The summed E-state index contributed by atoms with van der Waals surface area (Å²) in [5, 5.41) is 11.1. The minimum absolute atomic E-state index is 0.0429. The summed E-state index contributed by atoms with van der Waals surface area (Å²) in [6.45, 7) is 0. The van der Waals surface area contributed by atoms with E-state index in [1.165, 1.54) is 0 Å². The molecule has 0 aliphatic heterocycles. The predicted octanol–water partition coefficient (Wildman–Crippen LogP) is 4.24. The topological polar surface area (TPSA) is 75.9 Å². The number of hydrogen-bond donors (Lipinski definition) is 1. The van der Waals surface area contributed by atoms with Crippen molar-refractivity contribution in [2.24, 2.45) is 0 Å². The van der Waals surface area contributed by atoms with Crippen LogP contribution in [0.3, 0.4) is 0 Å². The van der Waals surface area contributed by atoms with Crippen LogP contribution in [0.2, 0.25) is 0 Å². The Morgan fingerprint density at radius 3 is 2.69 bits per heavy atom. The molecule has 0 amide bonds. The summed E-state index contributed by atoms with van der Waals surface area (Å²) < 4.78 is 38.6. The number of H-pyrrole nitrogens is 1. The number of rotatable bonds is 6. The molecule has 4 rings (SSSR count). The first-order valence-corrected chi connectivity index (χ1v) is 8.90. The van der Waals surface area contributed by atoms with Crippen molar-refractivity contribution in [2.45, 2.75) is 25.4 Å². The van der Waals surface area contributed by atoms with Gasteiger partial charge in [-0.3, -0.25) is 9.89 Å². The molecule has 4 aromatic rings. The van der Waals surface area contributed by atoms with Crippen molar-refractivity contribution in [3.05, 3.63) is 60.7 Å². The second-order valence-electron chi connectivity index (χ2n) is 6.68. The third-order valence-electron chi connectivity index (χ3n) is 4.50. The zero-order chi connectivity index (χ0) is 20.4. The Balaban J connectivity index is 1.56. The second-order valence-corrected chi connectivity index (χ2v) is 6.68. The molecule has 0 saturated heterocycles. The number of aromatic amines is 1. The molecule has 148 valence electrons. The average Bonchev–Trinajstić information content (AvgIpc) is 3.35. The summed E-state index contributed by atoms with van der Waals surface area (Å²) in [7, 11) is 0. The zero-order valence-electron chi connectivity index (χ0n) is 15.1. The van der Waals surface area contributed by atoms with Crippen LogP contribution >= 0.6 is 0 Å². The molecule has 0 aliphatic carbocycles. The molecule has 3 aromatic heterocycles. The highest BCUT2D eigenvalue weighted by molar-refractivity contribution is 5.81. The molecule has 1 aromatic carbocycles. The fraction of sp³-hybridized carbons (Fsp3) is 0.200. The summed E-state index contributed by atoms with van der Waals surface area (Å²) in [6, 6.07) is 8.99. The summed E-state index contributed by atoms with van der Waals surface area (Å²) in [4.78, 5) is 16.3. The number of hydrogen-bond acceptors (Lipinski definition) is 4. The minimum atomic E-state index is -4.32. The maximum Gasteiger partial charge on any atom is 0.389 e. The summed E-state index contributed by atoms with van der Waals surface area (Å²) >= 11 is 0. The molecule has 9 heteroatoms. The molecule has 0 atom stereocenters. The number of alkyl halides is 3. The van der Waals surface area contributed by atoms with Gasteiger partial charge in [0.1, 0.15) is 5.78 Å². The Kier molecular flexibility index (Phi) is 4.87. The average molecular weight is 399 g/mol. The van der Waals surface area contributed by atoms with Crippen LogP contribution < -0.4 is 0 Å². The van der Waals surface area contributed by atoms with E-state index >= 15 is 0 Å². The van der Waals surface area contributed by atoms with Crippen LogP contribution in [-0.2, 0) is 11.2 Å². The van der Waals surface area contributed by atoms with Gasteiger partial charge in [0.2, 0.25) is 0 Å². The Hall–Kier alpha value is -3.49. The largest absolute Gasteiger partial charge is 0.389 e. The molecule has 0 fully saturated rings. The fourth-order valence-corrected chi connectivity index (χ4v) is 3.08. The first-order valence-electron chi connectivity index (χ1n) is 8.90. The second kappa shape index (κ2) is 7.50. The third kappa shape index (κ3) is 4.34. The Morgan fingerprint density at radius 1 is 1.07 bits per heavy atom. The monoisotopic (exact) mass is 399 g/mol. The number of carbonyl (C=O) groups is 1. The smallest absolute Gasteiger partial charge is 0.299 e. The number of aromatic nitrogens is 5. The standard InChI is InChI=1S/C20H16F3N5O/c21-20(22,23)5-4-17(29)7-13-2-1-3-14(6-13)18-12-24-19-8-15(11-27-28(18)19)16-9-25-26-10-16/h1-3,6,8-12H,4-5,7H2,(H,25,26). The number of imidazole rings is 1. The maximum atomic E-state index is 12.3. The number of halogens is 3.